The van der Waals surface area contributed by atoms with Gasteiger partial charge >= 0.3 is 6.03 Å². The smallest absolute Gasteiger partial charge is 0.321 e. The first kappa shape index (κ1) is 21.4. The van der Waals surface area contributed by atoms with Crippen molar-refractivity contribution in [1.82, 2.24) is 20.0 Å². The lowest BCUT2D eigenvalue weighted by Crippen LogP contribution is -2.33. The molecule has 30 heavy (non-hydrogen) atoms. The summed E-state index contributed by atoms with van der Waals surface area (Å²) in [5, 5.41) is 8.03. The SMILES string of the molecule is C=N/C=C(\C=C(/C)c1ccc2c(c1)c(C=O)nn2C1CCCCO1)NC(=O)N(C)C. The number of benzene rings is 1. The number of amides is 2. The molecule has 1 unspecified atom stereocenters. The molecule has 158 valence electrons. The molecule has 0 bridgehead atoms. The molecule has 2 amide bonds. The van der Waals surface area contributed by atoms with Crippen LogP contribution in [0.5, 0.6) is 0 Å². The number of nitrogens with one attached hydrogen (secondary N) is 1. The van der Waals surface area contributed by atoms with Gasteiger partial charge in [0.15, 0.2) is 12.5 Å². The van der Waals surface area contributed by atoms with Crippen LogP contribution in [-0.4, -0.2) is 54.4 Å². The van der Waals surface area contributed by atoms with Gasteiger partial charge in [0.2, 0.25) is 0 Å². The number of hydrogen-bond acceptors (Lipinski definition) is 5. The van der Waals surface area contributed by atoms with Gasteiger partial charge in [-0.2, -0.15) is 5.10 Å². The van der Waals surface area contributed by atoms with Crippen molar-refractivity contribution in [2.75, 3.05) is 20.7 Å². The van der Waals surface area contributed by atoms with E-state index < -0.39 is 0 Å². The second kappa shape index (κ2) is 9.49. The summed E-state index contributed by atoms with van der Waals surface area (Å²) in [5.41, 5.74) is 3.57. The third kappa shape index (κ3) is 4.65. The van der Waals surface area contributed by atoms with Gasteiger partial charge in [-0.25, -0.2) is 9.48 Å². The maximum absolute atomic E-state index is 12.0. The van der Waals surface area contributed by atoms with E-state index >= 15 is 0 Å². The Kier molecular flexibility index (Phi) is 6.79. The van der Waals surface area contributed by atoms with Gasteiger partial charge in [-0.3, -0.25) is 9.79 Å². The number of carbonyl (C=O) groups excluding carboxylic acids is 2. The summed E-state index contributed by atoms with van der Waals surface area (Å²) in [6.07, 6.45) is 6.92. The van der Waals surface area contributed by atoms with Crippen molar-refractivity contribution in [3.63, 3.8) is 0 Å². The molecule has 1 N–H and O–H groups in total. The second-order valence-electron chi connectivity index (χ2n) is 7.42. The van der Waals surface area contributed by atoms with Gasteiger partial charge < -0.3 is 15.0 Å². The van der Waals surface area contributed by atoms with Gasteiger partial charge in [0.05, 0.1) is 11.2 Å². The predicted octanol–water partition coefficient (Wildman–Crippen LogP) is 3.76. The molecule has 0 aliphatic carbocycles. The Balaban J connectivity index is 1.96. The van der Waals surface area contributed by atoms with Crippen LogP contribution in [0, 0.1) is 0 Å². The molecule has 1 aromatic carbocycles. The number of hydrogen-bond donors (Lipinski definition) is 1. The standard InChI is InChI=1S/C22H27N5O3/c1-15(11-17(13-23-2)24-22(29)26(3)4)16-8-9-20-18(12-16)19(14-28)25-27(20)21-7-5-6-10-30-21/h8-9,11-14,21H,2,5-7,10H2,1,3-4H3,(H,24,29)/b15-11+,17-13+. The monoisotopic (exact) mass is 409 g/mol. The molecule has 8 nitrogen and oxygen atoms in total. The second-order valence-corrected chi connectivity index (χ2v) is 7.42. The number of aldehydes is 1. The number of carbonyl (C=O) groups is 2. The summed E-state index contributed by atoms with van der Waals surface area (Å²) in [7, 11) is 3.32. The molecular weight excluding hydrogens is 382 g/mol. The summed E-state index contributed by atoms with van der Waals surface area (Å²) in [6, 6.07) is 5.59. The van der Waals surface area contributed by atoms with Crippen LogP contribution < -0.4 is 5.32 Å². The minimum Gasteiger partial charge on any atom is -0.356 e. The number of rotatable bonds is 6. The van der Waals surface area contributed by atoms with Crippen molar-refractivity contribution in [3.8, 4) is 0 Å². The Labute approximate surface area is 175 Å². The van der Waals surface area contributed by atoms with Crippen LogP contribution in [0.15, 0.2) is 41.2 Å². The highest BCUT2D eigenvalue weighted by Gasteiger charge is 2.21. The molecule has 8 heteroatoms. The fraction of sp³-hybridized carbons (Fsp3) is 0.364. The number of fused-ring (bicyclic) bond motifs is 1. The minimum atomic E-state index is -0.263. The quantitative estimate of drug-likeness (QED) is 0.447. The van der Waals surface area contributed by atoms with Crippen molar-refractivity contribution >= 4 is 35.5 Å². The Morgan fingerprint density at radius 2 is 2.20 bits per heavy atom. The molecular formula is C22H27N5O3. The van der Waals surface area contributed by atoms with Gasteiger partial charge in [-0.1, -0.05) is 6.07 Å². The summed E-state index contributed by atoms with van der Waals surface area (Å²) in [4.78, 5) is 28.8. The molecule has 0 radical (unpaired) electrons. The largest absolute Gasteiger partial charge is 0.356 e. The van der Waals surface area contributed by atoms with Crippen LogP contribution >= 0.6 is 0 Å². The van der Waals surface area contributed by atoms with E-state index in [1.165, 1.54) is 11.1 Å². The van der Waals surface area contributed by atoms with Crippen LogP contribution in [0.2, 0.25) is 0 Å². The molecule has 2 heterocycles. The minimum absolute atomic E-state index is 0.146. The summed E-state index contributed by atoms with van der Waals surface area (Å²) in [6.45, 7) is 6.09. The average molecular weight is 409 g/mol. The van der Waals surface area contributed by atoms with Crippen LogP contribution in [0.4, 0.5) is 4.79 Å². The molecule has 3 rings (SSSR count). The highest BCUT2D eigenvalue weighted by Crippen LogP contribution is 2.29. The molecule has 0 spiro atoms. The lowest BCUT2D eigenvalue weighted by molar-refractivity contribution is -0.0367. The normalized spacial score (nSPS) is 17.6. The summed E-state index contributed by atoms with van der Waals surface area (Å²) < 4.78 is 7.66. The van der Waals surface area contributed by atoms with E-state index in [9.17, 15) is 9.59 Å². The molecule has 1 aromatic heterocycles. The number of urea groups is 1. The highest BCUT2D eigenvalue weighted by molar-refractivity contribution is 5.96. The first-order valence-corrected chi connectivity index (χ1v) is 9.86. The van der Waals surface area contributed by atoms with Crippen LogP contribution in [0.1, 0.15) is 48.5 Å². The van der Waals surface area contributed by atoms with Gasteiger partial charge in [0.1, 0.15) is 5.69 Å². The average Bonchev–Trinajstić information content (AvgIpc) is 3.12. The van der Waals surface area contributed by atoms with Crippen molar-refractivity contribution in [1.29, 1.82) is 0 Å². The highest BCUT2D eigenvalue weighted by atomic mass is 16.5. The molecule has 1 saturated heterocycles. The number of allylic oxidation sites excluding steroid dienone is 2. The maximum atomic E-state index is 12.0. The Morgan fingerprint density at radius 1 is 1.40 bits per heavy atom. The number of aromatic nitrogens is 2. The number of ether oxygens (including phenoxy) is 1. The van der Waals surface area contributed by atoms with Crippen molar-refractivity contribution in [2.45, 2.75) is 32.4 Å². The third-order valence-electron chi connectivity index (χ3n) is 4.99. The third-order valence-corrected chi connectivity index (χ3v) is 4.99. The summed E-state index contributed by atoms with van der Waals surface area (Å²) >= 11 is 0. The first-order valence-electron chi connectivity index (χ1n) is 9.86. The van der Waals surface area contributed by atoms with E-state index in [1.54, 1.807) is 14.1 Å². The lowest BCUT2D eigenvalue weighted by atomic mass is 10.0. The first-order chi connectivity index (χ1) is 14.4. The molecule has 2 aromatic rings. The zero-order valence-corrected chi connectivity index (χ0v) is 17.6. The Hall–Kier alpha value is -3.26. The van der Waals surface area contributed by atoms with Crippen LogP contribution in [0.25, 0.3) is 16.5 Å². The predicted molar refractivity (Wildman–Crippen MR) is 117 cm³/mol. The molecule has 1 aliphatic rings. The fourth-order valence-electron chi connectivity index (χ4n) is 3.39. The van der Waals surface area contributed by atoms with Crippen molar-refractivity contribution in [2.24, 2.45) is 4.99 Å². The molecule has 0 saturated carbocycles. The fourth-order valence-corrected chi connectivity index (χ4v) is 3.39. The molecule has 1 fully saturated rings. The zero-order chi connectivity index (χ0) is 21.7. The maximum Gasteiger partial charge on any atom is 0.321 e. The van der Waals surface area contributed by atoms with E-state index in [1.807, 2.05) is 35.9 Å². The number of aliphatic imine (C=N–C) groups is 1. The van der Waals surface area contributed by atoms with E-state index in [0.29, 0.717) is 18.0 Å². The van der Waals surface area contributed by atoms with Crippen molar-refractivity contribution < 1.29 is 14.3 Å². The zero-order valence-electron chi connectivity index (χ0n) is 17.6. The van der Waals surface area contributed by atoms with Crippen LogP contribution in [-0.2, 0) is 4.74 Å². The van der Waals surface area contributed by atoms with Gasteiger partial charge in [-0.05, 0) is 62.2 Å². The van der Waals surface area contributed by atoms with E-state index in [4.69, 9.17) is 4.74 Å². The lowest BCUT2D eigenvalue weighted by Gasteiger charge is -2.23. The molecule has 1 atom stereocenters. The van der Waals surface area contributed by atoms with Crippen molar-refractivity contribution in [3.05, 3.63) is 47.4 Å². The van der Waals surface area contributed by atoms with E-state index in [2.05, 4.69) is 22.1 Å². The Bertz CT molecular complexity index is 1010. The topological polar surface area (TPSA) is 88.8 Å². The molecule has 1 aliphatic heterocycles. The summed E-state index contributed by atoms with van der Waals surface area (Å²) in [5.74, 6) is 0. The van der Waals surface area contributed by atoms with Gasteiger partial charge in [-0.15, -0.1) is 0 Å². The van der Waals surface area contributed by atoms with Crippen LogP contribution in [0.3, 0.4) is 0 Å². The van der Waals surface area contributed by atoms with Gasteiger partial charge in [0.25, 0.3) is 0 Å². The van der Waals surface area contributed by atoms with E-state index in [0.717, 1.165) is 47.6 Å². The Morgan fingerprint density at radius 3 is 2.83 bits per heavy atom. The van der Waals surface area contributed by atoms with Gasteiger partial charge in [0, 0.05) is 32.3 Å². The number of nitrogens with zero attached hydrogens (tertiary/aromatic N) is 4. The van der Waals surface area contributed by atoms with E-state index in [-0.39, 0.29) is 12.3 Å².